The highest BCUT2D eigenvalue weighted by molar-refractivity contribution is 5.74. The molecule has 2 aromatic carbocycles. The lowest BCUT2D eigenvalue weighted by molar-refractivity contribution is 0.628. The van der Waals surface area contributed by atoms with Crippen LogP contribution in [0.3, 0.4) is 0 Å². The third-order valence-corrected chi connectivity index (χ3v) is 2.13. The maximum atomic E-state index is 13.0. The molecular formula is C13H9FN2. The van der Waals surface area contributed by atoms with Crippen LogP contribution in [0.2, 0.25) is 0 Å². The van der Waals surface area contributed by atoms with E-state index in [1.165, 1.54) is 12.1 Å². The predicted octanol–water partition coefficient (Wildman–Crippen LogP) is 4.12. The van der Waals surface area contributed by atoms with Crippen LogP contribution in [0.25, 0.3) is 4.85 Å². The van der Waals surface area contributed by atoms with Gasteiger partial charge in [-0.15, -0.1) is 0 Å². The third kappa shape index (κ3) is 2.18. The van der Waals surface area contributed by atoms with Crippen molar-refractivity contribution in [1.29, 1.82) is 0 Å². The van der Waals surface area contributed by atoms with E-state index in [2.05, 4.69) is 10.2 Å². The molecule has 0 bridgehead atoms. The minimum Gasteiger partial charge on any atom is -0.365 e. The first-order valence-electron chi connectivity index (χ1n) is 4.78. The zero-order valence-electron chi connectivity index (χ0n) is 8.44. The molecule has 0 heterocycles. The molecule has 0 radical (unpaired) electrons. The molecular weight excluding hydrogens is 203 g/mol. The number of nitrogens with one attached hydrogen (secondary N) is 1. The summed E-state index contributed by atoms with van der Waals surface area (Å²) in [6, 6.07) is 13.3. The molecule has 0 aliphatic rings. The number of hydrogen-bond donors (Lipinski definition) is 1. The summed E-state index contributed by atoms with van der Waals surface area (Å²) in [7, 11) is 0. The van der Waals surface area contributed by atoms with Gasteiger partial charge in [0.25, 0.3) is 0 Å². The van der Waals surface area contributed by atoms with Gasteiger partial charge in [-0.3, -0.25) is 0 Å². The summed E-state index contributed by atoms with van der Waals surface area (Å²) >= 11 is 0. The van der Waals surface area contributed by atoms with Gasteiger partial charge >= 0.3 is 0 Å². The van der Waals surface area contributed by atoms with Gasteiger partial charge in [0.05, 0.1) is 6.57 Å². The van der Waals surface area contributed by atoms with Crippen molar-refractivity contribution >= 4 is 17.1 Å². The van der Waals surface area contributed by atoms with Crippen LogP contribution in [-0.2, 0) is 0 Å². The molecule has 2 nitrogen and oxygen atoms in total. The van der Waals surface area contributed by atoms with E-state index in [4.69, 9.17) is 6.57 Å². The molecule has 3 heteroatoms. The van der Waals surface area contributed by atoms with Crippen molar-refractivity contribution < 1.29 is 4.39 Å². The molecule has 0 unspecified atom stereocenters. The van der Waals surface area contributed by atoms with E-state index >= 15 is 0 Å². The number of halogens is 1. The molecule has 1 N–H and O–H groups in total. The van der Waals surface area contributed by atoms with E-state index in [0.717, 1.165) is 0 Å². The van der Waals surface area contributed by atoms with E-state index in [1.54, 1.807) is 30.3 Å². The Bertz CT molecular complexity index is 544. The first-order chi connectivity index (χ1) is 7.79. The summed E-state index contributed by atoms with van der Waals surface area (Å²) in [5.41, 5.74) is 1.84. The second-order valence-electron chi connectivity index (χ2n) is 3.26. The fourth-order valence-electron chi connectivity index (χ4n) is 1.40. The Balaban J connectivity index is 2.31. The first kappa shape index (κ1) is 10.2. The largest absolute Gasteiger partial charge is 0.365 e. The van der Waals surface area contributed by atoms with E-state index < -0.39 is 0 Å². The second-order valence-corrected chi connectivity index (χ2v) is 3.26. The van der Waals surface area contributed by atoms with Crippen molar-refractivity contribution in [3.63, 3.8) is 0 Å². The van der Waals surface area contributed by atoms with Crippen LogP contribution in [-0.4, -0.2) is 0 Å². The van der Waals surface area contributed by atoms with Crippen LogP contribution in [0.4, 0.5) is 21.5 Å². The van der Waals surface area contributed by atoms with E-state index in [9.17, 15) is 4.39 Å². The van der Waals surface area contributed by atoms with Gasteiger partial charge < -0.3 is 5.32 Å². The highest BCUT2D eigenvalue weighted by Gasteiger charge is 2.01. The molecule has 0 saturated carbocycles. The van der Waals surface area contributed by atoms with Gasteiger partial charge in [-0.25, -0.2) is 9.24 Å². The van der Waals surface area contributed by atoms with Crippen molar-refractivity contribution in [2.24, 2.45) is 0 Å². The highest BCUT2D eigenvalue weighted by Crippen LogP contribution is 2.27. The van der Waals surface area contributed by atoms with Crippen LogP contribution in [0.15, 0.2) is 48.5 Å². The Kier molecular flexibility index (Phi) is 2.84. The Morgan fingerprint density at radius 1 is 1.06 bits per heavy atom. The number of rotatable bonds is 2. The molecule has 78 valence electrons. The SMILES string of the molecule is [C-]#[N+]c1ccccc1Nc1cccc(F)c1. The van der Waals surface area contributed by atoms with Crippen molar-refractivity contribution in [3.8, 4) is 0 Å². The van der Waals surface area contributed by atoms with Gasteiger partial charge in [0, 0.05) is 11.4 Å². The van der Waals surface area contributed by atoms with E-state index in [0.29, 0.717) is 17.1 Å². The summed E-state index contributed by atoms with van der Waals surface area (Å²) in [5.74, 6) is -0.301. The monoisotopic (exact) mass is 212 g/mol. The number of benzene rings is 2. The number of para-hydroxylation sites is 2. The lowest BCUT2D eigenvalue weighted by atomic mass is 10.2. The standard InChI is InChI=1S/C13H9FN2/c1-15-12-7-2-3-8-13(12)16-11-6-4-5-10(14)9-11/h2-9,16H. The average Bonchev–Trinajstić information content (AvgIpc) is 2.30. The molecule has 16 heavy (non-hydrogen) atoms. The fourth-order valence-corrected chi connectivity index (χ4v) is 1.40. The van der Waals surface area contributed by atoms with Gasteiger partial charge in [-0.1, -0.05) is 24.3 Å². The lowest BCUT2D eigenvalue weighted by Crippen LogP contribution is -1.90. The van der Waals surface area contributed by atoms with E-state index in [-0.39, 0.29) is 5.82 Å². The normalized spacial score (nSPS) is 9.50. The van der Waals surface area contributed by atoms with Gasteiger partial charge in [0.1, 0.15) is 5.82 Å². The minimum atomic E-state index is -0.301. The smallest absolute Gasteiger partial charge is 0.209 e. The summed E-state index contributed by atoms with van der Waals surface area (Å²) < 4.78 is 13.0. The summed E-state index contributed by atoms with van der Waals surface area (Å²) in [5, 5.41) is 3.01. The van der Waals surface area contributed by atoms with Crippen LogP contribution >= 0.6 is 0 Å². The minimum absolute atomic E-state index is 0.301. The highest BCUT2D eigenvalue weighted by atomic mass is 19.1. The molecule has 2 rings (SSSR count). The van der Waals surface area contributed by atoms with Crippen molar-refractivity contribution in [1.82, 2.24) is 0 Å². The molecule has 0 atom stereocenters. The maximum Gasteiger partial charge on any atom is 0.209 e. The topological polar surface area (TPSA) is 16.4 Å². The van der Waals surface area contributed by atoms with Crippen molar-refractivity contribution in [2.75, 3.05) is 5.32 Å². The molecule has 0 amide bonds. The molecule has 0 fully saturated rings. The van der Waals surface area contributed by atoms with E-state index in [1.807, 2.05) is 6.07 Å². The summed E-state index contributed by atoms with van der Waals surface area (Å²) in [6.07, 6.45) is 0. The molecule has 0 aromatic heterocycles. The molecule has 2 aromatic rings. The Hall–Kier alpha value is -2.34. The Morgan fingerprint density at radius 3 is 2.62 bits per heavy atom. The summed E-state index contributed by atoms with van der Waals surface area (Å²) in [6.45, 7) is 7.00. The summed E-state index contributed by atoms with van der Waals surface area (Å²) in [4.78, 5) is 3.38. The van der Waals surface area contributed by atoms with Crippen molar-refractivity contribution in [2.45, 2.75) is 0 Å². The van der Waals surface area contributed by atoms with Crippen LogP contribution < -0.4 is 5.32 Å². The van der Waals surface area contributed by atoms with Crippen LogP contribution in [0, 0.1) is 12.4 Å². The quantitative estimate of drug-likeness (QED) is 0.740. The third-order valence-electron chi connectivity index (χ3n) is 2.13. The van der Waals surface area contributed by atoms with Gasteiger partial charge in [0.2, 0.25) is 5.69 Å². The van der Waals surface area contributed by atoms with Crippen LogP contribution in [0.1, 0.15) is 0 Å². The predicted molar refractivity (Wildman–Crippen MR) is 62.4 cm³/mol. The first-order valence-corrected chi connectivity index (χ1v) is 4.78. The van der Waals surface area contributed by atoms with Gasteiger partial charge in [-0.2, -0.15) is 0 Å². The number of anilines is 2. The lowest BCUT2D eigenvalue weighted by Gasteiger charge is -2.07. The van der Waals surface area contributed by atoms with Crippen LogP contribution in [0.5, 0.6) is 0 Å². The van der Waals surface area contributed by atoms with Crippen molar-refractivity contribution in [3.05, 3.63) is 65.8 Å². The number of nitrogens with zero attached hydrogens (tertiary/aromatic N) is 1. The zero-order chi connectivity index (χ0) is 11.4. The Morgan fingerprint density at radius 2 is 1.88 bits per heavy atom. The fraction of sp³-hybridized carbons (Fsp3) is 0. The molecule has 0 aliphatic heterocycles. The van der Waals surface area contributed by atoms with Gasteiger partial charge in [-0.05, 0) is 24.3 Å². The molecule has 0 saturated heterocycles. The zero-order valence-corrected chi connectivity index (χ0v) is 8.44. The average molecular weight is 212 g/mol. The second kappa shape index (κ2) is 4.45. The maximum absolute atomic E-state index is 13.0. The molecule has 0 spiro atoms. The Labute approximate surface area is 93.2 Å². The van der Waals surface area contributed by atoms with Gasteiger partial charge in [0.15, 0.2) is 0 Å². The number of hydrogen-bond acceptors (Lipinski definition) is 1. The molecule has 0 aliphatic carbocycles.